The predicted octanol–water partition coefficient (Wildman–Crippen LogP) is 13.9. The molecule has 0 rings (SSSR count). The van der Waals surface area contributed by atoms with Gasteiger partial charge >= 0.3 is 11.9 Å². The summed E-state index contributed by atoms with van der Waals surface area (Å²) in [7, 11) is 1.15. The lowest BCUT2D eigenvalue weighted by Gasteiger charge is -2.28. The van der Waals surface area contributed by atoms with Crippen LogP contribution in [0.4, 0.5) is 0 Å². The van der Waals surface area contributed by atoms with Gasteiger partial charge in [-0.15, -0.1) is 0 Å². The molecule has 62 heavy (non-hydrogen) atoms. The lowest BCUT2D eigenvalue weighted by atomic mass is 10.1. The summed E-state index contributed by atoms with van der Waals surface area (Å²) in [6.07, 6.45) is 55.0. The van der Waals surface area contributed by atoms with Crippen molar-refractivity contribution >= 4 is 19.8 Å². The van der Waals surface area contributed by atoms with E-state index in [1.54, 1.807) is 0 Å². The molecule has 0 amide bonds. The van der Waals surface area contributed by atoms with Gasteiger partial charge in [-0.25, -0.2) is 0 Å². The Morgan fingerprint density at radius 1 is 0.516 bits per heavy atom. The lowest BCUT2D eigenvalue weighted by Crippen LogP contribution is -2.37. The molecule has 2 atom stereocenters. The molecular weight excluding hydrogens is 798 g/mol. The van der Waals surface area contributed by atoms with E-state index in [0.717, 1.165) is 96.3 Å². The Bertz CT molecular complexity index is 1280. The lowest BCUT2D eigenvalue weighted by molar-refractivity contribution is -0.870. The molecule has 0 saturated carbocycles. The zero-order chi connectivity index (χ0) is 45.7. The molecule has 0 spiro atoms. The van der Waals surface area contributed by atoms with E-state index >= 15 is 0 Å². The van der Waals surface area contributed by atoms with Gasteiger partial charge < -0.3 is 27.9 Å². The molecule has 0 aliphatic heterocycles. The summed E-state index contributed by atoms with van der Waals surface area (Å²) < 4.78 is 34.0. The summed E-state index contributed by atoms with van der Waals surface area (Å²) in [5.74, 6) is -0.855. The number of quaternary nitrogens is 1. The highest BCUT2D eigenvalue weighted by Gasteiger charge is 2.21. The molecule has 0 aromatic rings. The van der Waals surface area contributed by atoms with E-state index in [9.17, 15) is 19.0 Å². The Morgan fingerprint density at radius 3 is 1.39 bits per heavy atom. The van der Waals surface area contributed by atoms with Gasteiger partial charge in [0.15, 0.2) is 6.10 Å². The third kappa shape index (κ3) is 46.9. The molecule has 0 fully saturated rings. The van der Waals surface area contributed by atoms with E-state index in [1.807, 2.05) is 21.1 Å². The van der Waals surface area contributed by atoms with Crippen molar-refractivity contribution in [1.82, 2.24) is 0 Å². The Balaban J connectivity index is 4.26. The van der Waals surface area contributed by atoms with E-state index in [1.165, 1.54) is 64.2 Å². The van der Waals surface area contributed by atoms with Crippen LogP contribution in [-0.4, -0.2) is 70.0 Å². The van der Waals surface area contributed by atoms with Gasteiger partial charge in [0, 0.05) is 12.8 Å². The van der Waals surface area contributed by atoms with E-state index in [0.29, 0.717) is 17.4 Å². The van der Waals surface area contributed by atoms with Crippen LogP contribution in [0, 0.1) is 0 Å². The van der Waals surface area contributed by atoms with Gasteiger partial charge in [0.25, 0.3) is 7.82 Å². The van der Waals surface area contributed by atoms with Crippen LogP contribution in [0.1, 0.15) is 194 Å². The highest BCUT2D eigenvalue weighted by Crippen LogP contribution is 2.38. The van der Waals surface area contributed by atoms with Crippen LogP contribution in [0.15, 0.2) is 72.9 Å². The van der Waals surface area contributed by atoms with Crippen LogP contribution in [0.2, 0.25) is 0 Å². The van der Waals surface area contributed by atoms with Crippen molar-refractivity contribution in [2.45, 2.75) is 200 Å². The number of hydrogen-bond donors (Lipinski definition) is 0. The second-order valence-electron chi connectivity index (χ2n) is 17.4. The minimum absolute atomic E-state index is 0.0364. The molecule has 9 nitrogen and oxygen atoms in total. The second-order valence-corrected chi connectivity index (χ2v) is 18.9. The van der Waals surface area contributed by atoms with Crippen molar-refractivity contribution in [3.63, 3.8) is 0 Å². The zero-order valence-corrected chi connectivity index (χ0v) is 41.2. The molecule has 0 N–H and O–H groups in total. The maximum absolute atomic E-state index is 12.7. The number of likely N-dealkylation sites (N-methyl/N-ethyl adjacent to an activating group) is 1. The van der Waals surface area contributed by atoms with Crippen molar-refractivity contribution in [3.8, 4) is 0 Å². The number of unbranched alkanes of at least 4 members (excludes halogenated alkanes) is 18. The molecule has 2 unspecified atom stereocenters. The van der Waals surface area contributed by atoms with Gasteiger partial charge in [-0.3, -0.25) is 14.2 Å². The minimum atomic E-state index is -4.63. The maximum atomic E-state index is 12.7. The first-order chi connectivity index (χ1) is 30.0. The summed E-state index contributed by atoms with van der Waals surface area (Å²) in [4.78, 5) is 37.6. The monoisotopic (exact) mass is 890 g/mol. The fourth-order valence-electron chi connectivity index (χ4n) is 6.38. The number of carbonyl (C=O) groups is 2. The number of esters is 2. The number of phosphoric ester groups is 1. The molecule has 0 aliphatic rings. The first-order valence-electron chi connectivity index (χ1n) is 24.6. The van der Waals surface area contributed by atoms with Crippen LogP contribution in [0.25, 0.3) is 0 Å². The zero-order valence-electron chi connectivity index (χ0n) is 40.3. The van der Waals surface area contributed by atoms with Crippen molar-refractivity contribution in [2.24, 2.45) is 0 Å². The minimum Gasteiger partial charge on any atom is -0.756 e. The summed E-state index contributed by atoms with van der Waals surface area (Å²) >= 11 is 0. The van der Waals surface area contributed by atoms with E-state index in [2.05, 4.69) is 86.8 Å². The average Bonchev–Trinajstić information content (AvgIpc) is 3.23. The number of nitrogens with zero attached hydrogens (tertiary/aromatic N) is 1. The Morgan fingerprint density at radius 2 is 0.919 bits per heavy atom. The molecule has 358 valence electrons. The van der Waals surface area contributed by atoms with Crippen molar-refractivity contribution in [2.75, 3.05) is 47.5 Å². The number of phosphoric acid groups is 1. The predicted molar refractivity (Wildman–Crippen MR) is 259 cm³/mol. The Hall–Kier alpha value is -2.55. The van der Waals surface area contributed by atoms with Crippen molar-refractivity contribution < 1.29 is 42.1 Å². The standard InChI is InChI=1S/C52H92NO8P/c1-6-8-10-12-14-16-18-20-21-22-23-24-25-26-27-28-29-30-31-33-35-37-39-41-43-45-52(55)61-50(49-60-62(56,57)59-47-46-53(3,4)5)48-58-51(54)44-42-40-38-36-34-32-19-17-15-13-11-9-7-2/h8,10,14,16-17,19-21,23-24,26-27,50H,6-7,9,11-13,15,18,22,25,28-49H2,1-5H3/b10-8-,16-14-,19-17-,21-20-,24-23-,27-26-. The third-order valence-electron chi connectivity index (χ3n) is 10.2. The molecule has 0 aromatic heterocycles. The van der Waals surface area contributed by atoms with Gasteiger partial charge in [-0.2, -0.15) is 0 Å². The molecule has 0 bridgehead atoms. The number of allylic oxidation sites excluding steroid dienone is 12. The number of carbonyl (C=O) groups excluding carboxylic acids is 2. The van der Waals surface area contributed by atoms with Crippen LogP contribution >= 0.6 is 7.82 Å². The smallest absolute Gasteiger partial charge is 0.306 e. The largest absolute Gasteiger partial charge is 0.756 e. The van der Waals surface area contributed by atoms with Crippen molar-refractivity contribution in [3.05, 3.63) is 72.9 Å². The molecule has 0 aliphatic carbocycles. The topological polar surface area (TPSA) is 111 Å². The Labute approximate surface area is 380 Å². The number of hydrogen-bond acceptors (Lipinski definition) is 8. The van der Waals surface area contributed by atoms with E-state index in [4.69, 9.17) is 18.5 Å². The van der Waals surface area contributed by atoms with Crippen LogP contribution in [-0.2, 0) is 32.7 Å². The quantitative estimate of drug-likeness (QED) is 0.0195. The van der Waals surface area contributed by atoms with Gasteiger partial charge in [0.1, 0.15) is 19.8 Å². The fraction of sp³-hybridized carbons (Fsp3) is 0.731. The molecular formula is C52H92NO8P. The van der Waals surface area contributed by atoms with Crippen LogP contribution < -0.4 is 4.89 Å². The van der Waals surface area contributed by atoms with Gasteiger partial charge in [-0.05, 0) is 83.5 Å². The highest BCUT2D eigenvalue weighted by atomic mass is 31.2. The van der Waals surface area contributed by atoms with Crippen LogP contribution in [0.5, 0.6) is 0 Å². The van der Waals surface area contributed by atoms with E-state index < -0.39 is 32.5 Å². The van der Waals surface area contributed by atoms with E-state index in [-0.39, 0.29) is 26.1 Å². The molecule has 10 heteroatoms. The average molecular weight is 890 g/mol. The van der Waals surface area contributed by atoms with Crippen molar-refractivity contribution in [1.29, 1.82) is 0 Å². The first kappa shape index (κ1) is 59.5. The summed E-state index contributed by atoms with van der Waals surface area (Å²) in [5.41, 5.74) is 0. The molecule has 0 heterocycles. The van der Waals surface area contributed by atoms with Gasteiger partial charge in [0.2, 0.25) is 0 Å². The fourth-order valence-corrected chi connectivity index (χ4v) is 7.11. The first-order valence-corrected chi connectivity index (χ1v) is 26.1. The number of rotatable bonds is 44. The van der Waals surface area contributed by atoms with Gasteiger partial charge in [-0.1, -0.05) is 170 Å². The molecule has 0 saturated heterocycles. The summed E-state index contributed by atoms with van der Waals surface area (Å²) in [5, 5.41) is 0. The molecule has 0 aromatic carbocycles. The summed E-state index contributed by atoms with van der Waals surface area (Å²) in [6.45, 7) is 4.08. The highest BCUT2D eigenvalue weighted by molar-refractivity contribution is 7.45. The number of ether oxygens (including phenoxy) is 2. The third-order valence-corrected chi connectivity index (χ3v) is 11.2. The Kier molecular flexibility index (Phi) is 41.9. The molecule has 0 radical (unpaired) electrons. The second kappa shape index (κ2) is 43.7. The summed E-state index contributed by atoms with van der Waals surface area (Å²) in [6, 6.07) is 0. The SMILES string of the molecule is CC/C=C\C/C=C\C/C=C\C/C=C\C/C=C\CCCCCCCCCCCC(=O)OC(COC(=O)CCCCCCC/C=C\CCCCCC)COP(=O)([O-])OCC[N+](C)(C)C. The van der Waals surface area contributed by atoms with Gasteiger partial charge in [0.05, 0.1) is 27.7 Å². The maximum Gasteiger partial charge on any atom is 0.306 e. The normalized spacial score (nSPS) is 14.1. The van der Waals surface area contributed by atoms with Crippen LogP contribution in [0.3, 0.4) is 0 Å².